The lowest BCUT2D eigenvalue weighted by molar-refractivity contribution is 0.214. The van der Waals surface area contributed by atoms with Crippen LogP contribution in [0.2, 0.25) is 0 Å². The highest BCUT2D eigenvalue weighted by Gasteiger charge is 2.06. The molecule has 0 aliphatic heterocycles. The van der Waals surface area contributed by atoms with E-state index in [9.17, 15) is 0 Å². The highest BCUT2D eigenvalue weighted by Crippen LogP contribution is 2.15. The van der Waals surface area contributed by atoms with Gasteiger partial charge in [-0.05, 0) is 12.1 Å². The molecule has 0 saturated carbocycles. The van der Waals surface area contributed by atoms with E-state index in [4.69, 9.17) is 4.84 Å². The lowest BCUT2D eigenvalue weighted by Crippen LogP contribution is -2.03. The van der Waals surface area contributed by atoms with E-state index in [2.05, 4.69) is 21.1 Å². The molecule has 0 heterocycles. The normalized spacial score (nSPS) is 11.3. The van der Waals surface area contributed by atoms with Crippen LogP contribution < -0.4 is 0 Å². The van der Waals surface area contributed by atoms with Gasteiger partial charge >= 0.3 is 0 Å². The number of nitrogens with zero attached hydrogens (tertiary/aromatic N) is 1. The maximum Gasteiger partial charge on any atom is 0.117 e. The zero-order valence-corrected chi connectivity index (χ0v) is 11.0. The van der Waals surface area contributed by atoms with Crippen LogP contribution in [0.4, 0.5) is 0 Å². The Bertz CT molecular complexity index is 506. The van der Waals surface area contributed by atoms with E-state index in [1.165, 1.54) is 0 Å². The summed E-state index contributed by atoms with van der Waals surface area (Å²) in [5, 5.41) is 4.10. The van der Waals surface area contributed by atoms with Gasteiger partial charge in [0.1, 0.15) is 12.8 Å². The Morgan fingerprint density at radius 3 is 2.12 bits per heavy atom. The fourth-order valence-electron chi connectivity index (χ4n) is 1.57. The number of halogens is 1. The van der Waals surface area contributed by atoms with Crippen LogP contribution in [-0.2, 0) is 4.84 Å². The number of benzene rings is 2. The summed E-state index contributed by atoms with van der Waals surface area (Å²) in [5.74, 6) is 0. The molecule has 0 bridgehead atoms. The van der Waals surface area contributed by atoms with Crippen LogP contribution in [0.25, 0.3) is 0 Å². The van der Waals surface area contributed by atoms with Gasteiger partial charge in [0.2, 0.25) is 0 Å². The molecule has 2 nitrogen and oxygen atoms in total. The number of rotatable bonds is 3. The summed E-state index contributed by atoms with van der Waals surface area (Å²) in [5.41, 5.74) is 2.90. The third-order valence-electron chi connectivity index (χ3n) is 2.35. The van der Waals surface area contributed by atoms with Gasteiger partial charge in [-0.15, -0.1) is 0 Å². The predicted molar refractivity (Wildman–Crippen MR) is 73.2 cm³/mol. The smallest absolute Gasteiger partial charge is 0.117 e. The molecule has 0 unspecified atom stereocenters. The van der Waals surface area contributed by atoms with Gasteiger partial charge in [-0.25, -0.2) is 0 Å². The number of oxime groups is 1. The molecule has 0 N–H and O–H groups in total. The Balaban J connectivity index is 2.44. The first-order valence-corrected chi connectivity index (χ1v) is 6.03. The van der Waals surface area contributed by atoms with Gasteiger partial charge in [-0.2, -0.15) is 0 Å². The predicted octanol–water partition coefficient (Wildman–Crippen LogP) is 3.85. The van der Waals surface area contributed by atoms with Crippen LogP contribution >= 0.6 is 15.9 Å². The Labute approximate surface area is 109 Å². The topological polar surface area (TPSA) is 21.6 Å². The Hall–Kier alpha value is -1.61. The van der Waals surface area contributed by atoms with Crippen LogP contribution in [0, 0.1) is 0 Å². The molecule has 3 heteroatoms. The molecular formula is C14H12BrNO. The fraction of sp³-hybridized carbons (Fsp3) is 0.0714. The van der Waals surface area contributed by atoms with Crippen LogP contribution in [0.5, 0.6) is 0 Å². The monoisotopic (exact) mass is 289 g/mol. The van der Waals surface area contributed by atoms with Crippen molar-refractivity contribution in [1.82, 2.24) is 0 Å². The second-order valence-corrected chi connectivity index (χ2v) is 4.41. The van der Waals surface area contributed by atoms with Gasteiger partial charge in [-0.3, -0.25) is 0 Å². The van der Waals surface area contributed by atoms with Crippen molar-refractivity contribution in [3.63, 3.8) is 0 Å². The molecule has 86 valence electrons. The number of hydrogen-bond donors (Lipinski definition) is 0. The van der Waals surface area contributed by atoms with E-state index >= 15 is 0 Å². The van der Waals surface area contributed by atoms with Gasteiger partial charge in [0.25, 0.3) is 0 Å². The average Bonchev–Trinajstić information content (AvgIpc) is 2.38. The van der Waals surface area contributed by atoms with Gasteiger partial charge in [0.05, 0.1) is 0 Å². The molecule has 0 fully saturated rings. The van der Waals surface area contributed by atoms with Gasteiger partial charge in [0, 0.05) is 15.6 Å². The van der Waals surface area contributed by atoms with E-state index in [0.717, 1.165) is 21.3 Å². The van der Waals surface area contributed by atoms with E-state index in [-0.39, 0.29) is 0 Å². The SMILES string of the molecule is CON=C(c1ccccc1)c1ccc(Br)cc1. The third kappa shape index (κ3) is 2.94. The van der Waals surface area contributed by atoms with Crippen LogP contribution in [0.15, 0.2) is 64.2 Å². The molecule has 0 atom stereocenters. The van der Waals surface area contributed by atoms with Gasteiger partial charge in [0.15, 0.2) is 0 Å². The average molecular weight is 290 g/mol. The van der Waals surface area contributed by atoms with E-state index in [0.29, 0.717) is 0 Å². The molecule has 2 rings (SSSR count). The zero-order valence-electron chi connectivity index (χ0n) is 9.43. The molecule has 0 aliphatic rings. The summed E-state index contributed by atoms with van der Waals surface area (Å²) in [7, 11) is 1.56. The Kier molecular flexibility index (Phi) is 3.94. The van der Waals surface area contributed by atoms with Crippen molar-refractivity contribution in [2.24, 2.45) is 5.16 Å². The fourth-order valence-corrected chi connectivity index (χ4v) is 1.83. The van der Waals surface area contributed by atoms with Crippen molar-refractivity contribution in [2.75, 3.05) is 7.11 Å². The molecule has 0 amide bonds. The minimum Gasteiger partial charge on any atom is -0.399 e. The summed E-state index contributed by atoms with van der Waals surface area (Å²) < 4.78 is 1.05. The van der Waals surface area contributed by atoms with Crippen molar-refractivity contribution in [3.8, 4) is 0 Å². The minimum atomic E-state index is 0.834. The summed E-state index contributed by atoms with van der Waals surface area (Å²) >= 11 is 3.42. The maximum atomic E-state index is 4.92. The second-order valence-electron chi connectivity index (χ2n) is 3.50. The Morgan fingerprint density at radius 2 is 1.53 bits per heavy atom. The first kappa shape index (κ1) is 11.9. The lowest BCUT2D eigenvalue weighted by atomic mass is 10.0. The lowest BCUT2D eigenvalue weighted by Gasteiger charge is -2.06. The highest BCUT2D eigenvalue weighted by molar-refractivity contribution is 9.10. The third-order valence-corrected chi connectivity index (χ3v) is 2.88. The molecule has 17 heavy (non-hydrogen) atoms. The molecule has 0 saturated heterocycles. The molecule has 0 aromatic heterocycles. The number of hydrogen-bond acceptors (Lipinski definition) is 2. The maximum absolute atomic E-state index is 4.92. The molecule has 2 aromatic rings. The molecule has 0 radical (unpaired) electrons. The second kappa shape index (κ2) is 5.64. The highest BCUT2D eigenvalue weighted by atomic mass is 79.9. The summed E-state index contributed by atoms with van der Waals surface area (Å²) in [4.78, 5) is 4.92. The van der Waals surface area contributed by atoms with Crippen LogP contribution in [0.3, 0.4) is 0 Å². The largest absolute Gasteiger partial charge is 0.399 e. The van der Waals surface area contributed by atoms with Crippen molar-refractivity contribution in [3.05, 3.63) is 70.2 Å². The van der Waals surface area contributed by atoms with Crippen molar-refractivity contribution >= 4 is 21.6 Å². The summed E-state index contributed by atoms with van der Waals surface area (Å²) in [6.07, 6.45) is 0. The van der Waals surface area contributed by atoms with Crippen LogP contribution in [0.1, 0.15) is 11.1 Å². The standard InChI is InChI=1S/C14H12BrNO/c1-17-16-14(11-5-3-2-4-6-11)12-7-9-13(15)10-8-12/h2-10H,1H3. The van der Waals surface area contributed by atoms with E-state index in [1.807, 2.05) is 54.6 Å². The quantitative estimate of drug-likeness (QED) is 0.621. The van der Waals surface area contributed by atoms with E-state index < -0.39 is 0 Å². The van der Waals surface area contributed by atoms with Gasteiger partial charge < -0.3 is 4.84 Å². The summed E-state index contributed by atoms with van der Waals surface area (Å²) in [6.45, 7) is 0. The van der Waals surface area contributed by atoms with Crippen molar-refractivity contribution < 1.29 is 4.84 Å². The van der Waals surface area contributed by atoms with Crippen molar-refractivity contribution in [1.29, 1.82) is 0 Å². The summed E-state index contributed by atoms with van der Waals surface area (Å²) in [6, 6.07) is 18.0. The zero-order chi connectivity index (χ0) is 12.1. The van der Waals surface area contributed by atoms with E-state index in [1.54, 1.807) is 7.11 Å². The molecule has 2 aromatic carbocycles. The first-order chi connectivity index (χ1) is 8.31. The van der Waals surface area contributed by atoms with Gasteiger partial charge in [-0.1, -0.05) is 63.6 Å². The first-order valence-electron chi connectivity index (χ1n) is 5.24. The Morgan fingerprint density at radius 1 is 0.941 bits per heavy atom. The molecule has 0 aliphatic carbocycles. The minimum absolute atomic E-state index is 0.834. The van der Waals surface area contributed by atoms with Crippen molar-refractivity contribution in [2.45, 2.75) is 0 Å². The molecule has 0 spiro atoms. The molecular weight excluding hydrogens is 278 g/mol. The van der Waals surface area contributed by atoms with Crippen LogP contribution in [-0.4, -0.2) is 12.8 Å².